The number of aliphatic hydroxyl groups excluding tert-OH is 1. The Hall–Kier alpha value is -0.870. The maximum atomic E-state index is 10.5. The van der Waals surface area contributed by atoms with Crippen molar-refractivity contribution in [1.29, 1.82) is 0 Å². The van der Waals surface area contributed by atoms with Crippen LogP contribution in [0, 0.1) is 24.3 Å². The number of hydrogen-bond acceptors (Lipinski definition) is 1. The third kappa shape index (κ3) is 3.37. The van der Waals surface area contributed by atoms with Gasteiger partial charge in [0.05, 0.1) is 6.10 Å². The molecule has 0 heterocycles. The Balaban J connectivity index is 2.28. The van der Waals surface area contributed by atoms with Gasteiger partial charge in [-0.05, 0) is 65.6 Å². The van der Waals surface area contributed by atoms with Gasteiger partial charge in [-0.3, -0.25) is 0 Å². The minimum atomic E-state index is -0.438. The van der Waals surface area contributed by atoms with Crippen molar-refractivity contribution in [2.24, 2.45) is 0 Å². The van der Waals surface area contributed by atoms with Crippen molar-refractivity contribution < 1.29 is 5.11 Å². The van der Waals surface area contributed by atoms with Crippen LogP contribution in [0.15, 0.2) is 36.4 Å². The number of aryl methyl sites for hydroxylation is 3. The lowest BCUT2D eigenvalue weighted by molar-refractivity contribution is 0.177. The molecule has 0 saturated carbocycles. The Bertz CT molecular complexity index is 590. The van der Waals surface area contributed by atoms with Crippen LogP contribution >= 0.6 is 22.6 Å². The molecule has 0 spiro atoms. The standard InChI is InChI=1S/C17H19IO/c1-11-7-8-12(2)14(9-11)10-16(19)15-6-4-5-13(3)17(15)18/h4-9,16,19H,10H2,1-3H3. The first-order valence-electron chi connectivity index (χ1n) is 6.48. The molecule has 19 heavy (non-hydrogen) atoms. The molecular weight excluding hydrogens is 347 g/mol. The molecule has 0 fully saturated rings. The second kappa shape index (κ2) is 6.06. The first kappa shape index (κ1) is 14.5. The van der Waals surface area contributed by atoms with Gasteiger partial charge in [0.2, 0.25) is 0 Å². The summed E-state index contributed by atoms with van der Waals surface area (Å²) in [4.78, 5) is 0. The van der Waals surface area contributed by atoms with E-state index in [4.69, 9.17) is 0 Å². The van der Waals surface area contributed by atoms with Crippen molar-refractivity contribution in [3.63, 3.8) is 0 Å². The van der Waals surface area contributed by atoms with Gasteiger partial charge in [0, 0.05) is 9.99 Å². The quantitative estimate of drug-likeness (QED) is 0.794. The van der Waals surface area contributed by atoms with Crippen molar-refractivity contribution >= 4 is 22.6 Å². The highest BCUT2D eigenvalue weighted by molar-refractivity contribution is 14.1. The highest BCUT2D eigenvalue weighted by Gasteiger charge is 2.14. The minimum Gasteiger partial charge on any atom is -0.388 e. The van der Waals surface area contributed by atoms with Crippen LogP contribution in [0.5, 0.6) is 0 Å². The van der Waals surface area contributed by atoms with E-state index in [2.05, 4.69) is 67.6 Å². The molecule has 0 aromatic heterocycles. The largest absolute Gasteiger partial charge is 0.388 e. The maximum absolute atomic E-state index is 10.5. The van der Waals surface area contributed by atoms with E-state index in [1.54, 1.807) is 0 Å². The molecule has 1 nitrogen and oxygen atoms in total. The van der Waals surface area contributed by atoms with E-state index in [1.807, 2.05) is 12.1 Å². The molecule has 1 atom stereocenters. The summed E-state index contributed by atoms with van der Waals surface area (Å²) in [6.07, 6.45) is 0.236. The van der Waals surface area contributed by atoms with E-state index in [0.29, 0.717) is 6.42 Å². The number of halogens is 1. The van der Waals surface area contributed by atoms with Gasteiger partial charge < -0.3 is 5.11 Å². The van der Waals surface area contributed by atoms with Crippen molar-refractivity contribution in [3.05, 3.63) is 67.8 Å². The van der Waals surface area contributed by atoms with Crippen LogP contribution in [0.4, 0.5) is 0 Å². The molecular formula is C17H19IO. The van der Waals surface area contributed by atoms with Crippen molar-refractivity contribution in [1.82, 2.24) is 0 Å². The number of aliphatic hydroxyl groups is 1. The Morgan fingerprint density at radius 2 is 1.79 bits per heavy atom. The van der Waals surface area contributed by atoms with Crippen molar-refractivity contribution in [2.75, 3.05) is 0 Å². The fourth-order valence-corrected chi connectivity index (χ4v) is 2.98. The third-order valence-electron chi connectivity index (χ3n) is 3.50. The summed E-state index contributed by atoms with van der Waals surface area (Å²) < 4.78 is 1.16. The van der Waals surface area contributed by atoms with Crippen LogP contribution in [0.1, 0.15) is 33.9 Å². The first-order valence-corrected chi connectivity index (χ1v) is 7.56. The van der Waals surface area contributed by atoms with Crippen molar-refractivity contribution in [3.8, 4) is 0 Å². The summed E-state index contributed by atoms with van der Waals surface area (Å²) in [6.45, 7) is 6.27. The molecule has 1 N–H and O–H groups in total. The Labute approximate surface area is 128 Å². The maximum Gasteiger partial charge on any atom is 0.0840 e. The topological polar surface area (TPSA) is 20.2 Å². The molecule has 0 amide bonds. The summed E-state index contributed by atoms with van der Waals surface area (Å²) in [5.41, 5.74) is 5.96. The molecule has 0 saturated heterocycles. The van der Waals surface area contributed by atoms with E-state index in [0.717, 1.165) is 9.13 Å². The summed E-state index contributed by atoms with van der Waals surface area (Å²) in [6, 6.07) is 12.5. The molecule has 0 aliphatic carbocycles. The molecule has 0 radical (unpaired) electrons. The molecule has 100 valence electrons. The molecule has 0 aliphatic heterocycles. The normalized spacial score (nSPS) is 12.5. The molecule has 0 bridgehead atoms. The van der Waals surface area contributed by atoms with E-state index in [-0.39, 0.29) is 0 Å². The van der Waals surface area contributed by atoms with Crippen LogP contribution < -0.4 is 0 Å². The fourth-order valence-electron chi connectivity index (χ4n) is 2.27. The highest BCUT2D eigenvalue weighted by Crippen LogP contribution is 2.26. The van der Waals surface area contributed by atoms with Gasteiger partial charge in [0.1, 0.15) is 0 Å². The number of hydrogen-bond donors (Lipinski definition) is 1. The van der Waals surface area contributed by atoms with Gasteiger partial charge in [-0.1, -0.05) is 42.0 Å². The Morgan fingerprint density at radius 1 is 1.05 bits per heavy atom. The zero-order valence-corrected chi connectivity index (χ0v) is 13.7. The second-order valence-electron chi connectivity index (χ2n) is 5.13. The van der Waals surface area contributed by atoms with Crippen LogP contribution in [-0.4, -0.2) is 5.11 Å². The highest BCUT2D eigenvalue weighted by atomic mass is 127. The predicted molar refractivity (Wildman–Crippen MR) is 88.5 cm³/mol. The lowest BCUT2D eigenvalue weighted by Crippen LogP contribution is -2.06. The van der Waals surface area contributed by atoms with Crippen molar-refractivity contribution in [2.45, 2.75) is 33.3 Å². The minimum absolute atomic E-state index is 0.438. The average Bonchev–Trinajstić information content (AvgIpc) is 2.37. The summed E-state index contributed by atoms with van der Waals surface area (Å²) >= 11 is 2.32. The monoisotopic (exact) mass is 366 g/mol. The molecule has 2 rings (SSSR count). The van der Waals surface area contributed by atoms with Crippen LogP contribution in [0.2, 0.25) is 0 Å². The third-order valence-corrected chi connectivity index (χ3v) is 4.97. The van der Waals surface area contributed by atoms with Crippen LogP contribution in [0.3, 0.4) is 0 Å². The van der Waals surface area contributed by atoms with E-state index in [1.165, 1.54) is 22.3 Å². The lowest BCUT2D eigenvalue weighted by Gasteiger charge is -2.16. The van der Waals surface area contributed by atoms with Gasteiger partial charge in [0.25, 0.3) is 0 Å². The van der Waals surface area contributed by atoms with Gasteiger partial charge in [-0.15, -0.1) is 0 Å². The van der Waals surface area contributed by atoms with Gasteiger partial charge in [-0.2, -0.15) is 0 Å². The molecule has 1 unspecified atom stereocenters. The van der Waals surface area contributed by atoms with E-state index in [9.17, 15) is 5.11 Å². The molecule has 0 aliphatic rings. The SMILES string of the molecule is Cc1ccc(C)c(CC(O)c2cccc(C)c2I)c1. The summed E-state index contributed by atoms with van der Waals surface area (Å²) in [5.74, 6) is 0. The van der Waals surface area contributed by atoms with E-state index >= 15 is 0 Å². The Kier molecular flexibility index (Phi) is 4.63. The van der Waals surface area contributed by atoms with Gasteiger partial charge >= 0.3 is 0 Å². The molecule has 2 aromatic rings. The zero-order chi connectivity index (χ0) is 14.0. The Morgan fingerprint density at radius 3 is 2.53 bits per heavy atom. The van der Waals surface area contributed by atoms with Gasteiger partial charge in [-0.25, -0.2) is 0 Å². The number of rotatable bonds is 3. The van der Waals surface area contributed by atoms with E-state index < -0.39 is 6.10 Å². The zero-order valence-electron chi connectivity index (χ0n) is 11.6. The number of benzene rings is 2. The van der Waals surface area contributed by atoms with Crippen LogP contribution in [-0.2, 0) is 6.42 Å². The fraction of sp³-hybridized carbons (Fsp3) is 0.294. The average molecular weight is 366 g/mol. The molecule has 2 heteroatoms. The van der Waals surface area contributed by atoms with Gasteiger partial charge in [0.15, 0.2) is 0 Å². The summed E-state index contributed by atoms with van der Waals surface area (Å²) in [7, 11) is 0. The lowest BCUT2D eigenvalue weighted by atomic mass is 9.96. The second-order valence-corrected chi connectivity index (χ2v) is 6.21. The predicted octanol–water partition coefficient (Wildman–Crippen LogP) is 4.49. The smallest absolute Gasteiger partial charge is 0.0840 e. The van der Waals surface area contributed by atoms with Crippen LogP contribution in [0.25, 0.3) is 0 Å². The molecule has 2 aromatic carbocycles. The summed E-state index contributed by atoms with van der Waals surface area (Å²) in [5, 5.41) is 10.5. The first-order chi connectivity index (χ1) is 8.99.